The van der Waals surface area contributed by atoms with Gasteiger partial charge >= 0.3 is 5.84 Å². The fraction of sp³-hybridized carbons (Fsp3) is 0.200. The van der Waals surface area contributed by atoms with E-state index in [4.69, 9.17) is 0 Å². The third-order valence-corrected chi connectivity index (χ3v) is 0.832. The Bertz CT molecular complexity index is 169. The molecule has 0 saturated heterocycles. The molecule has 0 bridgehead atoms. The van der Waals surface area contributed by atoms with Crippen LogP contribution in [0, 0.1) is 0 Å². The quantitative estimate of drug-likeness (QED) is 0.453. The third-order valence-electron chi connectivity index (χ3n) is 0.832. The van der Waals surface area contributed by atoms with Crippen molar-refractivity contribution in [3.63, 3.8) is 0 Å². The normalized spacial score (nSPS) is 16.4. The predicted molar refractivity (Wildman–Crippen MR) is 28.2 cm³/mol. The lowest BCUT2D eigenvalue weighted by molar-refractivity contribution is -0.455. The predicted octanol–water partition coefficient (Wildman–Crippen LogP) is -1.19. The molecule has 0 saturated carbocycles. The number of amidine groups is 1. The second-order valence-corrected chi connectivity index (χ2v) is 1.49. The summed E-state index contributed by atoms with van der Waals surface area (Å²) >= 11 is 0. The maximum absolute atomic E-state index is 10.4. The minimum absolute atomic E-state index is 0.0324. The molecule has 0 aromatic carbocycles. The highest BCUT2D eigenvalue weighted by Gasteiger charge is 2.14. The van der Waals surface area contributed by atoms with Gasteiger partial charge in [0.25, 0.3) is 0 Å². The Balaban J connectivity index is 2.64. The molecule has 1 heterocycles. The molecule has 0 amide bonds. The number of hydrogen-bond acceptors (Lipinski definition) is 3. The molecule has 0 fully saturated rings. The average Bonchev–Trinajstić information content (AvgIpc) is 2.12. The minimum atomic E-state index is -0.0324. The molecule has 1 N–H and O–H groups in total. The van der Waals surface area contributed by atoms with E-state index in [0.717, 1.165) is 0 Å². The molecular formula is C5H6N2O+. The fourth-order valence-corrected chi connectivity index (χ4v) is 0.458. The highest BCUT2D eigenvalue weighted by Crippen LogP contribution is 1.77. The molecule has 0 aromatic rings. The van der Waals surface area contributed by atoms with Gasteiger partial charge in [-0.05, 0) is 0 Å². The highest BCUT2D eigenvalue weighted by atomic mass is 16.1. The van der Waals surface area contributed by atoms with Crippen LogP contribution in [0.2, 0.25) is 0 Å². The van der Waals surface area contributed by atoms with Gasteiger partial charge in [-0.2, -0.15) is 4.99 Å². The summed E-state index contributed by atoms with van der Waals surface area (Å²) in [4.78, 5) is 14.1. The number of hydrogen-bond donors (Lipinski definition) is 1. The van der Waals surface area contributed by atoms with Crippen molar-refractivity contribution in [1.29, 1.82) is 0 Å². The minimum Gasteiger partial charge on any atom is -0.286 e. The molecule has 1 rings (SSSR count). The van der Waals surface area contributed by atoms with Gasteiger partial charge in [-0.1, -0.05) is 5.32 Å². The molecular weight excluding hydrogens is 104 g/mol. The molecule has 8 heavy (non-hydrogen) atoms. The van der Waals surface area contributed by atoms with Crippen LogP contribution in [0.4, 0.5) is 0 Å². The molecule has 1 aliphatic rings. The standard InChI is InChI=1S/C5H6N2O/c1-4(8)5-6-2-3-7-5/h2-3,6H,1H3/q+1. The Morgan fingerprint density at radius 2 is 2.62 bits per heavy atom. The summed E-state index contributed by atoms with van der Waals surface area (Å²) in [7, 11) is 0. The van der Waals surface area contributed by atoms with Crippen molar-refractivity contribution in [3.05, 3.63) is 12.4 Å². The number of nitrogens with one attached hydrogen (secondary N) is 1. The van der Waals surface area contributed by atoms with Gasteiger partial charge in [0.2, 0.25) is 5.78 Å². The Morgan fingerprint density at radius 1 is 1.88 bits per heavy atom. The van der Waals surface area contributed by atoms with E-state index in [-0.39, 0.29) is 5.78 Å². The van der Waals surface area contributed by atoms with Crippen LogP contribution in [0.25, 0.3) is 0 Å². The third kappa shape index (κ3) is 0.816. The number of carbonyl (C=O) groups is 1. The first-order chi connectivity index (χ1) is 3.80. The summed E-state index contributed by atoms with van der Waals surface area (Å²) in [6, 6.07) is 0. The Kier molecular flexibility index (Phi) is 1.22. The van der Waals surface area contributed by atoms with Crippen molar-refractivity contribution < 1.29 is 10.1 Å². The van der Waals surface area contributed by atoms with Gasteiger partial charge in [0.05, 0.1) is 6.20 Å². The summed E-state index contributed by atoms with van der Waals surface area (Å²) in [5, 5.41) is 2.68. The number of Topliss-reactive ketones (excluding diaryl/α,β-unsaturated/α-hetero) is 1. The largest absolute Gasteiger partial charge is 0.323 e. The maximum Gasteiger partial charge on any atom is 0.323 e. The zero-order valence-electron chi connectivity index (χ0n) is 4.51. The molecule has 0 unspecified atom stereocenters. The maximum atomic E-state index is 10.4. The SMILES string of the molecule is CC(=O)C1=NC=C[NH+]1. The first kappa shape index (κ1) is 5.18. The number of rotatable bonds is 1. The molecule has 1 radical (unpaired) electrons. The Hall–Kier alpha value is -0.960. The van der Waals surface area contributed by atoms with Gasteiger partial charge in [0.1, 0.15) is 0 Å². The summed E-state index contributed by atoms with van der Waals surface area (Å²) in [5.41, 5.74) is 0. The van der Waals surface area contributed by atoms with Crippen LogP contribution >= 0.6 is 0 Å². The Labute approximate surface area is 47.1 Å². The lowest BCUT2D eigenvalue weighted by Gasteiger charge is -1.77. The van der Waals surface area contributed by atoms with E-state index in [9.17, 15) is 4.79 Å². The summed E-state index contributed by atoms with van der Waals surface area (Å²) in [6.45, 7) is 1.47. The molecule has 0 aliphatic carbocycles. The van der Waals surface area contributed by atoms with Crippen LogP contribution in [0.5, 0.6) is 0 Å². The summed E-state index contributed by atoms with van der Waals surface area (Å²) < 4.78 is 0. The molecule has 0 spiro atoms. The van der Waals surface area contributed by atoms with E-state index in [0.29, 0.717) is 5.84 Å². The highest BCUT2D eigenvalue weighted by molar-refractivity contribution is 6.34. The number of ketones is 1. The molecule has 3 nitrogen and oxygen atoms in total. The van der Waals surface area contributed by atoms with Crippen LogP contribution in [0.1, 0.15) is 6.92 Å². The topological polar surface area (TPSA) is 45.0 Å². The summed E-state index contributed by atoms with van der Waals surface area (Å²) in [5.74, 6) is 0.389. The second kappa shape index (κ2) is 1.88. The molecule has 1 aliphatic heterocycles. The van der Waals surface area contributed by atoms with Crippen molar-refractivity contribution in [1.82, 2.24) is 0 Å². The van der Waals surface area contributed by atoms with Gasteiger partial charge in [-0.25, -0.2) is 0 Å². The van der Waals surface area contributed by atoms with Crippen LogP contribution < -0.4 is 5.32 Å². The van der Waals surface area contributed by atoms with Crippen LogP contribution in [0.3, 0.4) is 0 Å². The Morgan fingerprint density at radius 3 is 2.88 bits per heavy atom. The summed E-state index contributed by atoms with van der Waals surface area (Å²) in [6.07, 6.45) is 3.17. The first-order valence-electron chi connectivity index (χ1n) is 2.31. The van der Waals surface area contributed by atoms with E-state index < -0.39 is 0 Å². The first-order valence-corrected chi connectivity index (χ1v) is 2.31. The molecule has 0 aromatic heterocycles. The van der Waals surface area contributed by atoms with Gasteiger partial charge in [0.15, 0.2) is 6.20 Å². The fourth-order valence-electron chi connectivity index (χ4n) is 0.458. The van der Waals surface area contributed by atoms with Crippen molar-refractivity contribution >= 4 is 11.6 Å². The van der Waals surface area contributed by atoms with E-state index in [1.54, 1.807) is 12.4 Å². The lowest BCUT2D eigenvalue weighted by Crippen LogP contribution is -2.82. The van der Waals surface area contributed by atoms with Crippen LogP contribution in [-0.4, -0.2) is 11.6 Å². The average molecular weight is 110 g/mol. The zero-order chi connectivity index (χ0) is 5.98. The number of aliphatic imine (C=N–C) groups is 1. The number of nitrogens with zero attached hydrogens (tertiary/aromatic N) is 1. The van der Waals surface area contributed by atoms with Crippen molar-refractivity contribution in [3.8, 4) is 0 Å². The number of carbonyl (C=O) groups excluding carboxylic acids is 1. The van der Waals surface area contributed by atoms with Gasteiger partial charge < -0.3 is 0 Å². The van der Waals surface area contributed by atoms with Crippen molar-refractivity contribution in [2.75, 3.05) is 0 Å². The molecule has 41 valence electrons. The van der Waals surface area contributed by atoms with Crippen LogP contribution in [0.15, 0.2) is 17.4 Å². The van der Waals surface area contributed by atoms with Crippen molar-refractivity contribution in [2.45, 2.75) is 6.92 Å². The molecule has 0 atom stereocenters. The van der Waals surface area contributed by atoms with E-state index in [1.807, 2.05) is 0 Å². The molecule has 3 heteroatoms. The van der Waals surface area contributed by atoms with Gasteiger partial charge in [0, 0.05) is 6.92 Å². The second-order valence-electron chi connectivity index (χ2n) is 1.49. The smallest absolute Gasteiger partial charge is 0.286 e. The van der Waals surface area contributed by atoms with Gasteiger partial charge in [-0.15, -0.1) is 0 Å². The van der Waals surface area contributed by atoms with E-state index in [1.165, 1.54) is 6.92 Å². The van der Waals surface area contributed by atoms with E-state index >= 15 is 0 Å². The van der Waals surface area contributed by atoms with E-state index in [2.05, 4.69) is 10.3 Å². The zero-order valence-corrected chi connectivity index (χ0v) is 4.51. The lowest BCUT2D eigenvalue weighted by atomic mass is 10.4. The van der Waals surface area contributed by atoms with Crippen molar-refractivity contribution in [2.24, 2.45) is 4.99 Å². The van der Waals surface area contributed by atoms with Gasteiger partial charge in [-0.3, -0.25) is 4.79 Å². The monoisotopic (exact) mass is 110 g/mol. The van der Waals surface area contributed by atoms with Crippen LogP contribution in [-0.2, 0) is 4.79 Å².